The summed E-state index contributed by atoms with van der Waals surface area (Å²) >= 11 is 25.1. The van der Waals surface area contributed by atoms with Gasteiger partial charge in [-0.25, -0.2) is 0 Å². The van der Waals surface area contributed by atoms with Crippen molar-refractivity contribution in [2.75, 3.05) is 6.38 Å². The van der Waals surface area contributed by atoms with Gasteiger partial charge in [0.05, 0.1) is 11.6 Å². The Kier molecular flexibility index (Phi) is 16.1. The molecule has 0 saturated heterocycles. The zero-order chi connectivity index (χ0) is 28.0. The first-order chi connectivity index (χ1) is 17.7. The van der Waals surface area contributed by atoms with Crippen LogP contribution >= 0.6 is 58.2 Å². The van der Waals surface area contributed by atoms with Gasteiger partial charge in [0.25, 0.3) is 0 Å². The van der Waals surface area contributed by atoms with E-state index in [9.17, 15) is 5.11 Å². The number of benzene rings is 1. The summed E-state index contributed by atoms with van der Waals surface area (Å²) in [6.45, 7) is 14.6. The second-order valence-corrected chi connectivity index (χ2v) is 10.4. The van der Waals surface area contributed by atoms with E-state index in [1.807, 2.05) is 69.3 Å². The first-order valence-electron chi connectivity index (χ1n) is 11.7. The molecule has 37 heavy (non-hydrogen) atoms. The summed E-state index contributed by atoms with van der Waals surface area (Å²) < 4.78 is 2.20. The molecule has 0 bridgehead atoms. The zero-order valence-corrected chi connectivity index (χ0v) is 25.7. The maximum Gasteiger partial charge on any atom is 0.0885 e. The van der Waals surface area contributed by atoms with Crippen LogP contribution in [0.4, 0.5) is 0 Å². The van der Waals surface area contributed by atoms with E-state index in [1.165, 1.54) is 18.1 Å². The summed E-state index contributed by atoms with van der Waals surface area (Å²) in [6.07, 6.45) is 14.4. The molecule has 0 aliphatic carbocycles. The molecule has 0 spiro atoms. The predicted molar refractivity (Wildman–Crippen MR) is 168 cm³/mol. The van der Waals surface area contributed by atoms with Crippen LogP contribution in [0.15, 0.2) is 99.4 Å². The highest BCUT2D eigenvalue weighted by Gasteiger charge is 2.23. The minimum absolute atomic E-state index is 0.0955. The molecule has 0 atom stereocenters. The number of hydrogen-bond acceptors (Lipinski definition) is 2. The Morgan fingerprint density at radius 1 is 1.19 bits per heavy atom. The second-order valence-electron chi connectivity index (χ2n) is 7.84. The number of nitrogens with zero attached hydrogens (tertiary/aromatic N) is 1. The number of halogens is 4. The van der Waals surface area contributed by atoms with Gasteiger partial charge in [-0.3, -0.25) is 0 Å². The topological polar surface area (TPSA) is 25.2 Å². The van der Waals surface area contributed by atoms with E-state index in [1.54, 1.807) is 6.08 Å². The summed E-state index contributed by atoms with van der Waals surface area (Å²) in [5.74, 6) is 0. The summed E-state index contributed by atoms with van der Waals surface area (Å²) in [6, 6.07) is 7.68. The third kappa shape index (κ3) is 10.2. The molecule has 1 heterocycles. The van der Waals surface area contributed by atoms with E-state index in [-0.39, 0.29) is 6.61 Å². The highest BCUT2D eigenvalue weighted by molar-refractivity contribution is 8.03. The van der Waals surface area contributed by atoms with Gasteiger partial charge in [-0.2, -0.15) is 0 Å². The first kappa shape index (κ1) is 33.4. The van der Waals surface area contributed by atoms with Crippen molar-refractivity contribution < 1.29 is 5.11 Å². The highest BCUT2D eigenvalue weighted by atomic mass is 35.5. The van der Waals surface area contributed by atoms with Crippen LogP contribution in [0, 0.1) is 6.92 Å². The summed E-state index contributed by atoms with van der Waals surface area (Å²) in [5, 5.41) is 13.4. The lowest BCUT2D eigenvalue weighted by molar-refractivity contribution is 0.281. The zero-order valence-electron chi connectivity index (χ0n) is 21.8. The van der Waals surface area contributed by atoms with Crippen LogP contribution in [-0.4, -0.2) is 16.1 Å². The Balaban J connectivity index is 0.00000334. The number of aromatic nitrogens is 1. The van der Waals surface area contributed by atoms with Crippen molar-refractivity contribution in [3.8, 4) is 11.1 Å². The molecule has 2 rings (SSSR count). The SMILES string of the molecule is C=C/C=C(\C=C/C)Cn1c(C)c(CO)c(-c2cccc(Cl)c2)c1SC(=C)/C=C(/Cl)C/C=C(/Cl)CC.CCl. The fraction of sp³-hybridized carbons (Fsp3) is 0.267. The molecule has 0 aliphatic heterocycles. The Hall–Kier alpha value is -1.59. The van der Waals surface area contributed by atoms with Gasteiger partial charge in [0.1, 0.15) is 0 Å². The molecule has 0 amide bonds. The number of aliphatic hydroxyl groups is 1. The molecule has 2 nitrogen and oxygen atoms in total. The average molecular weight is 599 g/mol. The molecule has 0 saturated carbocycles. The smallest absolute Gasteiger partial charge is 0.0885 e. The number of aliphatic hydroxyl groups excluding tert-OH is 1. The number of hydrogen-bond donors (Lipinski definition) is 1. The van der Waals surface area contributed by atoms with E-state index in [0.717, 1.165) is 49.3 Å². The molecule has 1 aromatic heterocycles. The molecule has 0 radical (unpaired) electrons. The molecule has 200 valence electrons. The van der Waals surface area contributed by atoms with E-state index in [2.05, 4.69) is 35.4 Å². The lowest BCUT2D eigenvalue weighted by Gasteiger charge is -2.14. The molecular formula is C30H35Cl4NOS. The van der Waals surface area contributed by atoms with Crippen LogP contribution in [-0.2, 0) is 13.2 Å². The fourth-order valence-corrected chi connectivity index (χ4v) is 5.29. The van der Waals surface area contributed by atoms with Crippen molar-refractivity contribution in [2.45, 2.75) is 51.8 Å². The first-order valence-corrected chi connectivity index (χ1v) is 14.4. The third-order valence-corrected chi connectivity index (χ3v) is 7.25. The average Bonchev–Trinajstić information content (AvgIpc) is 3.14. The minimum atomic E-state index is -0.0955. The lowest BCUT2D eigenvalue weighted by atomic mass is 10.0. The monoisotopic (exact) mass is 597 g/mol. The molecule has 1 N–H and O–H groups in total. The highest BCUT2D eigenvalue weighted by Crippen LogP contribution is 2.43. The summed E-state index contributed by atoms with van der Waals surface area (Å²) in [4.78, 5) is 0.780. The molecule has 0 fully saturated rings. The molecule has 1 aromatic carbocycles. The summed E-state index contributed by atoms with van der Waals surface area (Å²) in [5.41, 5.74) is 4.80. The van der Waals surface area contributed by atoms with Gasteiger partial charge in [0, 0.05) is 56.2 Å². The Morgan fingerprint density at radius 3 is 2.46 bits per heavy atom. The predicted octanol–water partition coefficient (Wildman–Crippen LogP) is 10.8. The molecule has 0 unspecified atom stereocenters. The lowest BCUT2D eigenvalue weighted by Crippen LogP contribution is -2.04. The Morgan fingerprint density at radius 2 is 1.89 bits per heavy atom. The van der Waals surface area contributed by atoms with Gasteiger partial charge in [-0.05, 0) is 49.6 Å². The number of allylic oxidation sites excluding steroid dienone is 9. The van der Waals surface area contributed by atoms with Crippen molar-refractivity contribution in [1.82, 2.24) is 4.57 Å². The van der Waals surface area contributed by atoms with E-state index in [4.69, 9.17) is 34.8 Å². The quantitative estimate of drug-likeness (QED) is 0.149. The number of alkyl halides is 1. The van der Waals surface area contributed by atoms with Crippen molar-refractivity contribution in [3.63, 3.8) is 0 Å². The standard InChI is InChI=1S/C29H32Cl3NOS.CH3Cl/c1-6-10-22(11-7-2)18-33-21(5)27(19-34)28(23-12-9-13-25(31)17-23)29(33)35-20(4)16-26(32)15-14-24(30)8-3;1-2/h6-7,9-14,16-17,34H,1,4,8,15,18-19H2,2-3,5H3;1H3/b11-7-,22-10+,24-14+,26-16+;. The maximum absolute atomic E-state index is 10.4. The maximum atomic E-state index is 10.4. The van der Waals surface area contributed by atoms with Crippen molar-refractivity contribution in [1.29, 1.82) is 0 Å². The van der Waals surface area contributed by atoms with Gasteiger partial charge < -0.3 is 9.67 Å². The number of rotatable bonds is 12. The van der Waals surface area contributed by atoms with Crippen LogP contribution in [0.5, 0.6) is 0 Å². The molecule has 7 heteroatoms. The second kappa shape index (κ2) is 17.8. The molecule has 0 aliphatic rings. The summed E-state index contributed by atoms with van der Waals surface area (Å²) in [7, 11) is 0. The van der Waals surface area contributed by atoms with Crippen molar-refractivity contribution in [3.05, 3.63) is 111 Å². The van der Waals surface area contributed by atoms with Crippen molar-refractivity contribution in [2.24, 2.45) is 0 Å². The Labute approximate surface area is 246 Å². The molecular weight excluding hydrogens is 564 g/mol. The van der Waals surface area contributed by atoms with Crippen LogP contribution in [0.1, 0.15) is 37.9 Å². The van der Waals surface area contributed by atoms with Crippen LogP contribution in [0.3, 0.4) is 0 Å². The van der Waals surface area contributed by atoms with Gasteiger partial charge in [-0.15, -0.1) is 11.6 Å². The fourth-order valence-electron chi connectivity index (χ4n) is 3.64. The van der Waals surface area contributed by atoms with Gasteiger partial charge in [0.2, 0.25) is 0 Å². The Bertz CT molecular complexity index is 1190. The van der Waals surface area contributed by atoms with E-state index in [0.29, 0.717) is 23.0 Å². The van der Waals surface area contributed by atoms with Crippen LogP contribution in [0.25, 0.3) is 11.1 Å². The van der Waals surface area contributed by atoms with Gasteiger partial charge in [-0.1, -0.05) is 109 Å². The van der Waals surface area contributed by atoms with Crippen molar-refractivity contribution >= 4 is 58.2 Å². The van der Waals surface area contributed by atoms with E-state index >= 15 is 0 Å². The normalized spacial score (nSPS) is 12.5. The van der Waals surface area contributed by atoms with Gasteiger partial charge in [0.15, 0.2) is 0 Å². The third-order valence-electron chi connectivity index (χ3n) is 5.33. The van der Waals surface area contributed by atoms with E-state index < -0.39 is 0 Å². The van der Waals surface area contributed by atoms with Crippen LogP contribution < -0.4 is 0 Å². The number of thioether (sulfide) groups is 1. The largest absolute Gasteiger partial charge is 0.392 e. The van der Waals surface area contributed by atoms with Gasteiger partial charge >= 0.3 is 0 Å². The van der Waals surface area contributed by atoms with Crippen LogP contribution in [0.2, 0.25) is 5.02 Å². The minimum Gasteiger partial charge on any atom is -0.392 e. The molecule has 2 aromatic rings.